The van der Waals surface area contributed by atoms with Gasteiger partial charge >= 0.3 is 5.69 Å². The van der Waals surface area contributed by atoms with Gasteiger partial charge in [-0.05, 0) is 12.1 Å². The average Bonchev–Trinajstić information content (AvgIpc) is 2.67. The van der Waals surface area contributed by atoms with Gasteiger partial charge in [0.15, 0.2) is 0 Å². The van der Waals surface area contributed by atoms with Crippen LogP contribution in [0.25, 0.3) is 0 Å². The molecule has 0 spiro atoms. The molecule has 10 nitrogen and oxygen atoms in total. The molecule has 0 aliphatic carbocycles. The minimum absolute atomic E-state index is 0.0796. The van der Waals surface area contributed by atoms with E-state index in [1.54, 1.807) is 18.2 Å². The third-order valence-electron chi connectivity index (χ3n) is 2.78. The van der Waals surface area contributed by atoms with Crippen molar-refractivity contribution in [1.82, 2.24) is 0 Å². The van der Waals surface area contributed by atoms with Crippen LogP contribution in [0, 0.1) is 26.0 Å². The van der Waals surface area contributed by atoms with Crippen molar-refractivity contribution in [2.45, 2.75) is 0 Å². The maximum absolute atomic E-state index is 12.4. The number of hydrogen-bond donors (Lipinski definition) is 4. The quantitative estimate of drug-likeness (QED) is 0.430. The average molecular weight is 382 g/mol. The first-order valence-corrected chi connectivity index (χ1v) is 7.85. The summed E-state index contributed by atoms with van der Waals surface area (Å²) in [6, 6.07) is 11.5. The molecule has 27 heavy (non-hydrogen) atoms. The molecule has 0 fully saturated rings. The number of halogens is 1. The highest BCUT2D eigenvalue weighted by Crippen LogP contribution is 2.22. The van der Waals surface area contributed by atoms with Crippen LogP contribution in [0.1, 0.15) is 0 Å². The van der Waals surface area contributed by atoms with E-state index in [1.807, 2.05) is 0 Å². The van der Waals surface area contributed by atoms with Gasteiger partial charge in [-0.2, -0.15) is 4.39 Å². The van der Waals surface area contributed by atoms with Crippen LogP contribution in [0.3, 0.4) is 0 Å². The van der Waals surface area contributed by atoms with E-state index >= 15 is 0 Å². The second kappa shape index (κ2) is 14.1. The Morgan fingerprint density at radius 3 is 1.70 bits per heavy atom. The second-order valence-corrected chi connectivity index (χ2v) is 4.78. The first-order chi connectivity index (χ1) is 12.9. The number of para-hydroxylation sites is 3. The normalized spacial score (nSPS) is 9.19. The maximum atomic E-state index is 12.4. The lowest BCUT2D eigenvalue weighted by Crippen LogP contribution is -2.13. The van der Waals surface area contributed by atoms with Gasteiger partial charge in [-0.25, -0.2) is 0 Å². The smallest absolute Gasteiger partial charge is 0.304 e. The molecule has 0 saturated heterocycles. The van der Waals surface area contributed by atoms with E-state index in [0.29, 0.717) is 31.9 Å². The van der Waals surface area contributed by atoms with Crippen molar-refractivity contribution in [3.05, 3.63) is 74.6 Å². The highest BCUT2D eigenvalue weighted by Gasteiger charge is 2.11. The Morgan fingerprint density at radius 1 is 0.815 bits per heavy atom. The number of benzene rings is 2. The minimum atomic E-state index is -0.799. The molecule has 0 saturated carbocycles. The van der Waals surface area contributed by atoms with Gasteiger partial charge in [0.1, 0.15) is 5.69 Å². The summed E-state index contributed by atoms with van der Waals surface area (Å²) in [7, 11) is 0. The summed E-state index contributed by atoms with van der Waals surface area (Å²) in [6.45, 7) is 2.18. The summed E-state index contributed by atoms with van der Waals surface area (Å²) in [5.41, 5.74) is 15.2. The molecular weight excluding hydrogens is 359 g/mol. The molecule has 0 aliphatic rings. The zero-order valence-electron chi connectivity index (χ0n) is 14.6. The number of rotatable bonds is 6. The zero-order valence-corrected chi connectivity index (χ0v) is 14.6. The summed E-state index contributed by atoms with van der Waals surface area (Å²) < 4.78 is 12.4. The van der Waals surface area contributed by atoms with Crippen molar-refractivity contribution in [2.75, 3.05) is 31.5 Å². The number of nitrogens with zero attached hydrogens (tertiary/aromatic N) is 2. The lowest BCUT2D eigenvalue weighted by atomic mass is 10.2. The van der Waals surface area contributed by atoms with Crippen molar-refractivity contribution in [3.8, 4) is 0 Å². The van der Waals surface area contributed by atoms with E-state index in [0.717, 1.165) is 12.1 Å². The topological polar surface area (TPSA) is 176 Å². The number of nitro benzene ring substituents is 2. The van der Waals surface area contributed by atoms with E-state index < -0.39 is 21.4 Å². The Morgan fingerprint density at radius 2 is 1.30 bits per heavy atom. The molecule has 2 aromatic rings. The van der Waals surface area contributed by atoms with E-state index in [-0.39, 0.29) is 5.69 Å². The van der Waals surface area contributed by atoms with Gasteiger partial charge in [0.2, 0.25) is 5.82 Å². The van der Waals surface area contributed by atoms with Crippen LogP contribution in [-0.2, 0) is 0 Å². The molecule has 7 N–H and O–H groups in total. The Bertz CT molecular complexity index is 715. The van der Waals surface area contributed by atoms with Gasteiger partial charge in [-0.1, -0.05) is 24.3 Å². The van der Waals surface area contributed by atoms with Crippen molar-refractivity contribution in [2.24, 2.45) is 17.2 Å². The van der Waals surface area contributed by atoms with Crippen LogP contribution in [0.4, 0.5) is 21.5 Å². The van der Waals surface area contributed by atoms with Crippen LogP contribution in [-0.4, -0.2) is 36.0 Å². The number of nitrogens with two attached hydrogens (primary N) is 3. The van der Waals surface area contributed by atoms with Crippen molar-refractivity contribution in [3.63, 3.8) is 0 Å². The molecule has 148 valence electrons. The van der Waals surface area contributed by atoms with Crippen LogP contribution in [0.15, 0.2) is 48.5 Å². The second-order valence-electron chi connectivity index (χ2n) is 4.78. The SMILES string of the molecule is NCCN.NCCNc1ccccc1[N+](=O)[O-].O=[N+]([O-])c1ccccc1F. The summed E-state index contributed by atoms with van der Waals surface area (Å²) in [4.78, 5) is 19.3. The predicted octanol–water partition coefficient (Wildman–Crippen LogP) is 1.60. The lowest BCUT2D eigenvalue weighted by Gasteiger charge is -2.04. The molecule has 0 aromatic heterocycles. The Labute approximate surface area is 155 Å². The van der Waals surface area contributed by atoms with Crippen molar-refractivity contribution in [1.29, 1.82) is 0 Å². The minimum Gasteiger partial charge on any atom is -0.378 e. The van der Waals surface area contributed by atoms with Crippen LogP contribution < -0.4 is 22.5 Å². The predicted molar refractivity (Wildman–Crippen MR) is 102 cm³/mol. The van der Waals surface area contributed by atoms with E-state index in [4.69, 9.17) is 17.2 Å². The molecular formula is C16H23FN6O4. The number of nitrogens with one attached hydrogen (secondary N) is 1. The van der Waals surface area contributed by atoms with Crippen molar-refractivity contribution >= 4 is 17.1 Å². The number of nitro groups is 2. The zero-order chi connectivity index (χ0) is 20.7. The summed E-state index contributed by atoms with van der Waals surface area (Å²) in [5.74, 6) is -0.799. The largest absolute Gasteiger partial charge is 0.378 e. The highest BCUT2D eigenvalue weighted by molar-refractivity contribution is 5.60. The molecule has 0 radical (unpaired) electrons. The fourth-order valence-electron chi connectivity index (χ4n) is 1.59. The Balaban J connectivity index is 0.000000428. The standard InChI is InChI=1S/C8H11N3O2.C6H4FNO2.C2H8N2/c9-5-6-10-7-3-1-2-4-8(7)11(12)13;7-5-3-1-2-4-6(5)8(9)10;3-1-2-4/h1-4,10H,5-6,9H2;1-4H;1-4H2. The van der Waals surface area contributed by atoms with Gasteiger partial charge in [-0.15, -0.1) is 0 Å². The number of anilines is 1. The highest BCUT2D eigenvalue weighted by atomic mass is 19.1. The first-order valence-electron chi connectivity index (χ1n) is 7.85. The van der Waals surface area contributed by atoms with Gasteiger partial charge in [0.25, 0.3) is 5.69 Å². The summed E-state index contributed by atoms with van der Waals surface area (Å²) >= 11 is 0. The fraction of sp³-hybridized carbons (Fsp3) is 0.250. The third kappa shape index (κ3) is 9.79. The van der Waals surface area contributed by atoms with Crippen molar-refractivity contribution < 1.29 is 14.2 Å². The van der Waals surface area contributed by atoms with Gasteiger partial charge in [-0.3, -0.25) is 20.2 Å². The monoisotopic (exact) mass is 382 g/mol. The van der Waals surface area contributed by atoms with Gasteiger partial charge in [0.05, 0.1) is 9.85 Å². The van der Waals surface area contributed by atoms with Crippen LogP contribution in [0.5, 0.6) is 0 Å². The lowest BCUT2D eigenvalue weighted by molar-refractivity contribution is -0.387. The van der Waals surface area contributed by atoms with Gasteiger partial charge < -0.3 is 22.5 Å². The molecule has 0 atom stereocenters. The van der Waals surface area contributed by atoms with Gasteiger partial charge in [0, 0.05) is 38.3 Å². The molecule has 0 unspecified atom stereocenters. The molecule has 0 aliphatic heterocycles. The molecule has 0 heterocycles. The van der Waals surface area contributed by atoms with E-state index in [1.165, 1.54) is 18.2 Å². The maximum Gasteiger partial charge on any atom is 0.304 e. The first kappa shape index (κ1) is 23.9. The van der Waals surface area contributed by atoms with Crippen LogP contribution in [0.2, 0.25) is 0 Å². The molecule has 0 amide bonds. The third-order valence-corrected chi connectivity index (χ3v) is 2.78. The molecule has 2 aromatic carbocycles. The fourth-order valence-corrected chi connectivity index (χ4v) is 1.59. The Kier molecular flexibility index (Phi) is 12.4. The molecule has 11 heteroatoms. The number of hydrogen-bond acceptors (Lipinski definition) is 8. The molecule has 0 bridgehead atoms. The van der Waals surface area contributed by atoms with E-state index in [2.05, 4.69) is 5.32 Å². The summed E-state index contributed by atoms with van der Waals surface area (Å²) in [6.07, 6.45) is 0. The Hall–Kier alpha value is -3.15. The van der Waals surface area contributed by atoms with Crippen LogP contribution >= 0.6 is 0 Å². The molecule has 2 rings (SSSR count). The summed E-state index contributed by atoms with van der Waals surface area (Å²) in [5, 5.41) is 23.4. The van der Waals surface area contributed by atoms with E-state index in [9.17, 15) is 24.6 Å².